The molecule has 1 unspecified atom stereocenters. The van der Waals surface area contributed by atoms with Gasteiger partial charge in [0.05, 0.1) is 24.9 Å². The predicted molar refractivity (Wildman–Crippen MR) is 87.8 cm³/mol. The van der Waals surface area contributed by atoms with Crippen LogP contribution in [0.15, 0.2) is 61.2 Å². The SMILES string of the molecule is COCc1cc(NC(Cn2cccn2)c2ccccc2)ncn1. The van der Waals surface area contributed by atoms with Crippen LogP contribution in [0, 0.1) is 0 Å². The third-order valence-electron chi connectivity index (χ3n) is 3.47. The molecule has 0 aliphatic heterocycles. The van der Waals surface area contributed by atoms with Crippen LogP contribution in [0.4, 0.5) is 5.82 Å². The number of aromatic nitrogens is 4. The van der Waals surface area contributed by atoms with Gasteiger partial charge in [0.1, 0.15) is 12.1 Å². The Morgan fingerprint density at radius 1 is 1.17 bits per heavy atom. The topological polar surface area (TPSA) is 64.9 Å². The molecule has 0 radical (unpaired) electrons. The van der Waals surface area contributed by atoms with Crippen LogP contribution in [0.25, 0.3) is 0 Å². The van der Waals surface area contributed by atoms with Gasteiger partial charge in [-0.2, -0.15) is 5.10 Å². The molecule has 118 valence electrons. The monoisotopic (exact) mass is 309 g/mol. The molecule has 0 spiro atoms. The predicted octanol–water partition coefficient (Wildman–Crippen LogP) is 2.67. The van der Waals surface area contributed by atoms with Crippen molar-refractivity contribution >= 4 is 5.82 Å². The molecular weight excluding hydrogens is 290 g/mol. The van der Waals surface area contributed by atoms with E-state index in [1.54, 1.807) is 19.6 Å². The first-order valence-electron chi connectivity index (χ1n) is 7.44. The molecule has 0 saturated heterocycles. The molecule has 0 saturated carbocycles. The second-order valence-electron chi connectivity index (χ2n) is 5.16. The summed E-state index contributed by atoms with van der Waals surface area (Å²) in [6.07, 6.45) is 5.28. The van der Waals surface area contributed by atoms with Crippen molar-refractivity contribution in [2.75, 3.05) is 12.4 Å². The molecule has 0 fully saturated rings. The minimum absolute atomic E-state index is 0.0568. The first-order chi connectivity index (χ1) is 11.3. The summed E-state index contributed by atoms with van der Waals surface area (Å²) in [4.78, 5) is 8.50. The largest absolute Gasteiger partial charge is 0.378 e. The maximum atomic E-state index is 5.13. The minimum Gasteiger partial charge on any atom is -0.378 e. The van der Waals surface area contributed by atoms with Crippen molar-refractivity contribution < 1.29 is 4.74 Å². The summed E-state index contributed by atoms with van der Waals surface area (Å²) in [6, 6.07) is 14.1. The molecule has 0 aliphatic carbocycles. The number of nitrogens with zero attached hydrogens (tertiary/aromatic N) is 4. The van der Waals surface area contributed by atoms with Crippen LogP contribution in [0.1, 0.15) is 17.3 Å². The van der Waals surface area contributed by atoms with Gasteiger partial charge in [-0.05, 0) is 11.6 Å². The highest BCUT2D eigenvalue weighted by Crippen LogP contribution is 2.20. The van der Waals surface area contributed by atoms with Gasteiger partial charge in [0.15, 0.2) is 0 Å². The van der Waals surface area contributed by atoms with E-state index in [1.807, 2.05) is 41.2 Å². The van der Waals surface area contributed by atoms with Gasteiger partial charge in [-0.1, -0.05) is 30.3 Å². The average Bonchev–Trinajstić information content (AvgIpc) is 3.09. The van der Waals surface area contributed by atoms with Gasteiger partial charge in [-0.3, -0.25) is 4.68 Å². The van der Waals surface area contributed by atoms with Crippen molar-refractivity contribution in [1.82, 2.24) is 19.7 Å². The smallest absolute Gasteiger partial charge is 0.130 e. The maximum absolute atomic E-state index is 5.13. The normalized spacial score (nSPS) is 12.0. The van der Waals surface area contributed by atoms with E-state index in [1.165, 1.54) is 5.56 Å². The van der Waals surface area contributed by atoms with Gasteiger partial charge >= 0.3 is 0 Å². The Labute approximate surface area is 135 Å². The van der Waals surface area contributed by atoms with Crippen LogP contribution in [0.3, 0.4) is 0 Å². The summed E-state index contributed by atoms with van der Waals surface area (Å²) < 4.78 is 7.03. The highest BCUT2D eigenvalue weighted by Gasteiger charge is 2.13. The summed E-state index contributed by atoms with van der Waals surface area (Å²) in [7, 11) is 1.65. The number of ether oxygens (including phenoxy) is 1. The fraction of sp³-hybridized carbons (Fsp3) is 0.235. The molecule has 23 heavy (non-hydrogen) atoms. The van der Waals surface area contributed by atoms with Crippen LogP contribution in [-0.2, 0) is 17.9 Å². The van der Waals surface area contributed by atoms with Crippen LogP contribution < -0.4 is 5.32 Å². The molecule has 2 heterocycles. The zero-order chi connectivity index (χ0) is 15.9. The van der Waals surface area contributed by atoms with Crippen molar-refractivity contribution in [2.24, 2.45) is 0 Å². The van der Waals surface area contributed by atoms with E-state index >= 15 is 0 Å². The standard InChI is InChI=1S/C17H19N5O/c1-23-12-15-10-17(19-13-18-15)21-16(11-22-9-5-8-20-22)14-6-3-2-4-7-14/h2-10,13,16H,11-12H2,1H3,(H,18,19,21). The number of rotatable bonds is 7. The molecule has 2 aromatic heterocycles. The fourth-order valence-corrected chi connectivity index (χ4v) is 2.40. The molecule has 3 aromatic rings. The Hall–Kier alpha value is -2.73. The number of hydrogen-bond donors (Lipinski definition) is 1. The molecule has 3 rings (SSSR count). The summed E-state index contributed by atoms with van der Waals surface area (Å²) in [5.74, 6) is 0.771. The van der Waals surface area contributed by atoms with Crippen molar-refractivity contribution in [3.05, 3.63) is 72.4 Å². The van der Waals surface area contributed by atoms with E-state index in [9.17, 15) is 0 Å². The average molecular weight is 309 g/mol. The van der Waals surface area contributed by atoms with Gasteiger partial charge in [0.25, 0.3) is 0 Å². The minimum atomic E-state index is 0.0568. The molecule has 0 aliphatic rings. The van der Waals surface area contributed by atoms with E-state index in [0.29, 0.717) is 13.2 Å². The number of benzene rings is 1. The van der Waals surface area contributed by atoms with Gasteiger partial charge < -0.3 is 10.1 Å². The number of anilines is 1. The van der Waals surface area contributed by atoms with Gasteiger partial charge in [-0.15, -0.1) is 0 Å². The van der Waals surface area contributed by atoms with Gasteiger partial charge in [0, 0.05) is 25.6 Å². The Morgan fingerprint density at radius 2 is 2.04 bits per heavy atom. The number of methoxy groups -OCH3 is 1. The van der Waals surface area contributed by atoms with Crippen LogP contribution in [0.5, 0.6) is 0 Å². The van der Waals surface area contributed by atoms with E-state index in [4.69, 9.17) is 4.74 Å². The van der Waals surface area contributed by atoms with E-state index < -0.39 is 0 Å². The molecular formula is C17H19N5O. The number of hydrogen-bond acceptors (Lipinski definition) is 5. The van der Waals surface area contributed by atoms with Crippen molar-refractivity contribution in [3.63, 3.8) is 0 Å². The van der Waals surface area contributed by atoms with E-state index in [2.05, 4.69) is 32.5 Å². The van der Waals surface area contributed by atoms with Crippen LogP contribution in [-0.4, -0.2) is 26.9 Å². The van der Waals surface area contributed by atoms with Crippen LogP contribution in [0.2, 0.25) is 0 Å². The molecule has 1 N–H and O–H groups in total. The summed E-state index contributed by atoms with van der Waals surface area (Å²) in [6.45, 7) is 1.17. The summed E-state index contributed by atoms with van der Waals surface area (Å²) >= 11 is 0. The zero-order valence-electron chi connectivity index (χ0n) is 13.0. The Balaban J connectivity index is 1.82. The third kappa shape index (κ3) is 4.14. The first kappa shape index (κ1) is 15.2. The van der Waals surface area contributed by atoms with Crippen molar-refractivity contribution in [3.8, 4) is 0 Å². The third-order valence-corrected chi connectivity index (χ3v) is 3.47. The van der Waals surface area contributed by atoms with E-state index in [0.717, 1.165) is 11.5 Å². The molecule has 1 atom stereocenters. The first-order valence-corrected chi connectivity index (χ1v) is 7.44. The van der Waals surface area contributed by atoms with E-state index in [-0.39, 0.29) is 6.04 Å². The summed E-state index contributed by atoms with van der Waals surface area (Å²) in [5, 5.41) is 7.76. The Kier molecular flexibility index (Phi) is 4.95. The molecule has 0 amide bonds. The van der Waals surface area contributed by atoms with Gasteiger partial charge in [0.2, 0.25) is 0 Å². The Morgan fingerprint density at radius 3 is 2.78 bits per heavy atom. The lowest BCUT2D eigenvalue weighted by atomic mass is 10.1. The quantitative estimate of drug-likeness (QED) is 0.727. The second kappa shape index (κ2) is 7.51. The van der Waals surface area contributed by atoms with Crippen molar-refractivity contribution in [2.45, 2.75) is 19.2 Å². The highest BCUT2D eigenvalue weighted by atomic mass is 16.5. The fourth-order valence-electron chi connectivity index (χ4n) is 2.40. The summed E-state index contributed by atoms with van der Waals surface area (Å²) in [5.41, 5.74) is 2.02. The second-order valence-corrected chi connectivity index (χ2v) is 5.16. The highest BCUT2D eigenvalue weighted by molar-refractivity contribution is 5.38. The Bertz CT molecular complexity index is 715. The molecule has 6 nitrogen and oxygen atoms in total. The lowest BCUT2D eigenvalue weighted by Gasteiger charge is -2.20. The lowest BCUT2D eigenvalue weighted by molar-refractivity contribution is 0.181. The van der Waals surface area contributed by atoms with Crippen molar-refractivity contribution in [1.29, 1.82) is 0 Å². The zero-order valence-corrected chi connectivity index (χ0v) is 13.0. The molecule has 6 heteroatoms. The van der Waals surface area contributed by atoms with Gasteiger partial charge in [-0.25, -0.2) is 9.97 Å². The van der Waals surface area contributed by atoms with Crippen LogP contribution >= 0.6 is 0 Å². The molecule has 0 bridgehead atoms. The number of nitrogens with one attached hydrogen (secondary N) is 1. The maximum Gasteiger partial charge on any atom is 0.130 e. The lowest BCUT2D eigenvalue weighted by Crippen LogP contribution is -2.18. The molecule has 1 aromatic carbocycles.